The second-order valence-electron chi connectivity index (χ2n) is 6.25. The molecule has 1 aromatic carbocycles. The van der Waals surface area contributed by atoms with E-state index in [0.29, 0.717) is 30.0 Å². The van der Waals surface area contributed by atoms with Crippen molar-refractivity contribution in [1.82, 2.24) is 19.9 Å². The fraction of sp³-hybridized carbons (Fsp3) is 0.158. The molecule has 0 bridgehead atoms. The van der Waals surface area contributed by atoms with E-state index < -0.39 is 5.56 Å². The Kier molecular flexibility index (Phi) is 4.37. The van der Waals surface area contributed by atoms with Gasteiger partial charge in [0, 0.05) is 23.9 Å². The number of fused-ring (bicyclic) bond motifs is 1. The standard InChI is InChI=1S/C19H15ClN4O3/c20-14-8-12(9-21-18(14)26)19(27)24-7-6-13-15(10-24)22-16(23-17(13)25)11-4-2-1-3-5-11/h1-5,8-9H,6-7,10H2,(H,21,26)(H,22,23,25). The molecule has 0 atom stereocenters. The fourth-order valence-corrected chi connectivity index (χ4v) is 3.28. The number of carbonyl (C=O) groups excluding carboxylic acids is 1. The van der Waals surface area contributed by atoms with Crippen molar-refractivity contribution in [3.63, 3.8) is 0 Å². The van der Waals surface area contributed by atoms with Crippen LogP contribution in [0.15, 0.2) is 52.2 Å². The predicted octanol–water partition coefficient (Wildman–Crippen LogP) is 1.98. The molecule has 136 valence electrons. The Morgan fingerprint density at radius 1 is 1.15 bits per heavy atom. The van der Waals surface area contributed by atoms with E-state index >= 15 is 0 Å². The van der Waals surface area contributed by atoms with Gasteiger partial charge >= 0.3 is 0 Å². The van der Waals surface area contributed by atoms with E-state index in [-0.39, 0.29) is 28.6 Å². The molecule has 0 saturated carbocycles. The third-order valence-electron chi connectivity index (χ3n) is 4.51. The molecular formula is C19H15ClN4O3. The number of H-pyrrole nitrogens is 2. The van der Waals surface area contributed by atoms with Crippen molar-refractivity contribution in [2.75, 3.05) is 6.54 Å². The monoisotopic (exact) mass is 382 g/mol. The van der Waals surface area contributed by atoms with Gasteiger partial charge in [0.25, 0.3) is 17.0 Å². The summed E-state index contributed by atoms with van der Waals surface area (Å²) in [7, 11) is 0. The molecule has 0 unspecified atom stereocenters. The van der Waals surface area contributed by atoms with Crippen molar-refractivity contribution < 1.29 is 4.79 Å². The van der Waals surface area contributed by atoms with E-state index in [1.165, 1.54) is 12.3 Å². The first-order chi connectivity index (χ1) is 13.0. The first-order valence-electron chi connectivity index (χ1n) is 8.38. The van der Waals surface area contributed by atoms with Gasteiger partial charge in [0.05, 0.1) is 17.8 Å². The highest BCUT2D eigenvalue weighted by molar-refractivity contribution is 6.30. The third-order valence-corrected chi connectivity index (χ3v) is 4.79. The molecule has 7 nitrogen and oxygen atoms in total. The smallest absolute Gasteiger partial charge is 0.266 e. The first-order valence-corrected chi connectivity index (χ1v) is 8.76. The lowest BCUT2D eigenvalue weighted by molar-refractivity contribution is 0.0731. The number of nitrogens with zero attached hydrogens (tertiary/aromatic N) is 2. The van der Waals surface area contributed by atoms with Crippen LogP contribution in [0.4, 0.5) is 0 Å². The molecule has 0 saturated heterocycles. The lowest BCUT2D eigenvalue weighted by Crippen LogP contribution is -2.39. The molecule has 0 radical (unpaired) electrons. The molecule has 2 aromatic heterocycles. The maximum Gasteiger partial charge on any atom is 0.266 e. The minimum atomic E-state index is -0.446. The number of hydrogen-bond acceptors (Lipinski definition) is 4. The summed E-state index contributed by atoms with van der Waals surface area (Å²) in [5, 5.41) is -0.0424. The van der Waals surface area contributed by atoms with Crippen LogP contribution in [0.5, 0.6) is 0 Å². The number of benzene rings is 1. The van der Waals surface area contributed by atoms with Crippen LogP contribution in [0.25, 0.3) is 11.4 Å². The largest absolute Gasteiger partial charge is 0.332 e. The summed E-state index contributed by atoms with van der Waals surface area (Å²) >= 11 is 5.82. The van der Waals surface area contributed by atoms with Crippen molar-refractivity contribution >= 4 is 17.5 Å². The Balaban J connectivity index is 1.67. The van der Waals surface area contributed by atoms with Gasteiger partial charge in [0.1, 0.15) is 10.8 Å². The molecule has 27 heavy (non-hydrogen) atoms. The Labute approximate surface area is 158 Å². The van der Waals surface area contributed by atoms with Crippen LogP contribution in [0.3, 0.4) is 0 Å². The minimum Gasteiger partial charge on any atom is -0.332 e. The zero-order chi connectivity index (χ0) is 19.0. The van der Waals surface area contributed by atoms with Crippen molar-refractivity contribution in [3.8, 4) is 11.4 Å². The summed E-state index contributed by atoms with van der Waals surface area (Å²) in [6.45, 7) is 0.604. The Morgan fingerprint density at radius 2 is 1.93 bits per heavy atom. The van der Waals surface area contributed by atoms with Gasteiger partial charge in [0.15, 0.2) is 0 Å². The van der Waals surface area contributed by atoms with Gasteiger partial charge in [-0.25, -0.2) is 4.98 Å². The average Bonchev–Trinajstić information content (AvgIpc) is 2.69. The van der Waals surface area contributed by atoms with E-state index in [9.17, 15) is 14.4 Å². The zero-order valence-electron chi connectivity index (χ0n) is 14.2. The number of aromatic amines is 2. The second-order valence-corrected chi connectivity index (χ2v) is 6.66. The fourth-order valence-electron chi connectivity index (χ4n) is 3.11. The minimum absolute atomic E-state index is 0.0424. The number of aromatic nitrogens is 3. The lowest BCUT2D eigenvalue weighted by atomic mass is 10.0. The molecule has 0 fully saturated rings. The van der Waals surface area contributed by atoms with Crippen LogP contribution in [-0.4, -0.2) is 32.3 Å². The number of carbonyl (C=O) groups is 1. The van der Waals surface area contributed by atoms with Crippen molar-refractivity contribution in [2.45, 2.75) is 13.0 Å². The molecule has 0 aliphatic carbocycles. The highest BCUT2D eigenvalue weighted by atomic mass is 35.5. The zero-order valence-corrected chi connectivity index (χ0v) is 14.9. The summed E-state index contributed by atoms with van der Waals surface area (Å²) < 4.78 is 0. The molecule has 4 rings (SSSR count). The maximum atomic E-state index is 12.7. The number of amides is 1. The van der Waals surface area contributed by atoms with Crippen molar-refractivity contribution in [3.05, 3.63) is 85.1 Å². The SMILES string of the molecule is O=C(c1c[nH]c(=O)c(Cl)c1)N1CCc2c(nc(-c3ccccc3)[nH]c2=O)C1. The van der Waals surface area contributed by atoms with Gasteiger partial charge in [-0.1, -0.05) is 41.9 Å². The molecule has 3 aromatic rings. The van der Waals surface area contributed by atoms with Crippen LogP contribution in [0.2, 0.25) is 5.02 Å². The van der Waals surface area contributed by atoms with Crippen LogP contribution in [0, 0.1) is 0 Å². The normalized spacial score (nSPS) is 13.3. The molecular weight excluding hydrogens is 368 g/mol. The van der Waals surface area contributed by atoms with Gasteiger partial charge in [0.2, 0.25) is 0 Å². The number of nitrogens with one attached hydrogen (secondary N) is 2. The van der Waals surface area contributed by atoms with Crippen molar-refractivity contribution in [1.29, 1.82) is 0 Å². The predicted molar refractivity (Wildman–Crippen MR) is 101 cm³/mol. The summed E-state index contributed by atoms with van der Waals surface area (Å²) in [5.74, 6) is 0.197. The first kappa shape index (κ1) is 17.2. The Hall–Kier alpha value is -3.19. The third kappa shape index (κ3) is 3.29. The summed E-state index contributed by atoms with van der Waals surface area (Å²) in [6, 6.07) is 10.7. The van der Waals surface area contributed by atoms with Gasteiger partial charge in [-0.3, -0.25) is 14.4 Å². The van der Waals surface area contributed by atoms with Gasteiger partial charge in [-0.05, 0) is 12.5 Å². The molecule has 1 amide bonds. The molecule has 0 spiro atoms. The van der Waals surface area contributed by atoms with E-state index in [1.54, 1.807) is 4.90 Å². The molecule has 3 heterocycles. The van der Waals surface area contributed by atoms with Crippen LogP contribution in [0.1, 0.15) is 21.6 Å². The van der Waals surface area contributed by atoms with E-state index in [4.69, 9.17) is 11.6 Å². The number of halogens is 1. The lowest BCUT2D eigenvalue weighted by Gasteiger charge is -2.28. The van der Waals surface area contributed by atoms with Gasteiger partial charge < -0.3 is 14.9 Å². The van der Waals surface area contributed by atoms with E-state index in [2.05, 4.69) is 15.0 Å². The van der Waals surface area contributed by atoms with E-state index in [0.717, 1.165) is 5.56 Å². The van der Waals surface area contributed by atoms with E-state index in [1.807, 2.05) is 30.3 Å². The maximum absolute atomic E-state index is 12.7. The highest BCUT2D eigenvalue weighted by Crippen LogP contribution is 2.20. The van der Waals surface area contributed by atoms with Crippen LogP contribution < -0.4 is 11.1 Å². The summed E-state index contributed by atoms with van der Waals surface area (Å²) in [4.78, 5) is 48.0. The Bertz CT molecular complexity index is 1140. The highest BCUT2D eigenvalue weighted by Gasteiger charge is 2.25. The second kappa shape index (κ2) is 6.85. The number of rotatable bonds is 2. The van der Waals surface area contributed by atoms with Crippen LogP contribution in [-0.2, 0) is 13.0 Å². The Morgan fingerprint density at radius 3 is 2.67 bits per heavy atom. The molecule has 1 aliphatic rings. The van der Waals surface area contributed by atoms with Crippen LogP contribution >= 0.6 is 11.6 Å². The average molecular weight is 383 g/mol. The number of pyridine rings is 1. The molecule has 8 heteroatoms. The van der Waals surface area contributed by atoms with Crippen molar-refractivity contribution in [2.24, 2.45) is 0 Å². The number of hydrogen-bond donors (Lipinski definition) is 2. The quantitative estimate of drug-likeness (QED) is 0.707. The molecule has 1 aliphatic heterocycles. The van der Waals surface area contributed by atoms with Gasteiger partial charge in [-0.2, -0.15) is 0 Å². The topological polar surface area (TPSA) is 98.9 Å². The van der Waals surface area contributed by atoms with Gasteiger partial charge in [-0.15, -0.1) is 0 Å². The summed E-state index contributed by atoms with van der Waals surface area (Å²) in [5.41, 5.74) is 1.63. The summed E-state index contributed by atoms with van der Waals surface area (Å²) in [6.07, 6.45) is 1.75. The molecule has 2 N–H and O–H groups in total.